The first-order valence-corrected chi connectivity index (χ1v) is 10.3. The molecular weight excluding hydrogens is 367 g/mol. The van der Waals surface area contributed by atoms with Crippen molar-refractivity contribution >= 4 is 17.7 Å². The number of carbonyl (C=O) groups is 1. The predicted molar refractivity (Wildman–Crippen MR) is 101 cm³/mol. The van der Waals surface area contributed by atoms with Gasteiger partial charge in [-0.1, -0.05) is 23.9 Å². The number of nitrogens with zero attached hydrogens (tertiary/aromatic N) is 4. The van der Waals surface area contributed by atoms with Crippen molar-refractivity contribution in [2.24, 2.45) is 0 Å². The lowest BCUT2D eigenvalue weighted by Crippen LogP contribution is -2.48. The van der Waals surface area contributed by atoms with Crippen molar-refractivity contribution in [1.82, 2.24) is 19.7 Å². The van der Waals surface area contributed by atoms with Gasteiger partial charge >= 0.3 is 0 Å². The number of hydrogen-bond donors (Lipinski definition) is 0. The van der Waals surface area contributed by atoms with Crippen molar-refractivity contribution in [3.8, 4) is 11.4 Å². The standard InChI is InChI=1S/C19H23FN4O2S/c1-12-9-23(10-13(2)26-12)17(25)11-27-19-22-21-18(24(19)14-7-8-14)15-5-3-4-6-16(15)20/h3-6,12-14H,7-11H2,1-2H3/t12-,13-/m0/s1. The van der Waals surface area contributed by atoms with Gasteiger partial charge in [0.25, 0.3) is 0 Å². The summed E-state index contributed by atoms with van der Waals surface area (Å²) >= 11 is 1.38. The molecule has 1 aliphatic carbocycles. The topological polar surface area (TPSA) is 60.2 Å². The molecule has 1 amide bonds. The van der Waals surface area contributed by atoms with Crippen LogP contribution in [0.4, 0.5) is 4.39 Å². The number of amides is 1. The number of benzene rings is 1. The zero-order valence-corrected chi connectivity index (χ0v) is 16.3. The van der Waals surface area contributed by atoms with Crippen molar-refractivity contribution in [2.75, 3.05) is 18.8 Å². The van der Waals surface area contributed by atoms with E-state index < -0.39 is 0 Å². The Morgan fingerprint density at radius 1 is 1.22 bits per heavy atom. The minimum absolute atomic E-state index is 0.0467. The number of thioether (sulfide) groups is 1. The highest BCUT2D eigenvalue weighted by Crippen LogP contribution is 2.41. The van der Waals surface area contributed by atoms with Gasteiger partial charge in [0, 0.05) is 19.1 Å². The van der Waals surface area contributed by atoms with Crippen molar-refractivity contribution in [3.63, 3.8) is 0 Å². The molecule has 2 aromatic rings. The number of morpholine rings is 1. The molecule has 2 heterocycles. The van der Waals surface area contributed by atoms with E-state index in [0.717, 1.165) is 12.8 Å². The number of aromatic nitrogens is 3. The number of rotatable bonds is 5. The molecule has 6 nitrogen and oxygen atoms in total. The van der Waals surface area contributed by atoms with Crippen LogP contribution in [0.2, 0.25) is 0 Å². The molecule has 0 spiro atoms. The maximum absolute atomic E-state index is 14.2. The Labute approximate surface area is 162 Å². The Hall–Kier alpha value is -1.93. The monoisotopic (exact) mass is 390 g/mol. The van der Waals surface area contributed by atoms with Crippen LogP contribution in [0.5, 0.6) is 0 Å². The van der Waals surface area contributed by atoms with Crippen molar-refractivity contribution in [1.29, 1.82) is 0 Å². The molecule has 1 aromatic heterocycles. The average molecular weight is 390 g/mol. The second-order valence-corrected chi connectivity index (χ2v) is 8.17. The van der Waals surface area contributed by atoms with E-state index in [1.807, 2.05) is 23.3 Å². The van der Waals surface area contributed by atoms with E-state index in [0.29, 0.717) is 35.4 Å². The third-order valence-electron chi connectivity index (χ3n) is 4.79. The van der Waals surface area contributed by atoms with Gasteiger partial charge in [0.2, 0.25) is 5.91 Å². The zero-order chi connectivity index (χ0) is 19.0. The van der Waals surface area contributed by atoms with Gasteiger partial charge in [0.1, 0.15) is 5.82 Å². The normalized spacial score (nSPS) is 22.9. The number of hydrogen-bond acceptors (Lipinski definition) is 5. The second kappa shape index (κ2) is 7.59. The van der Waals surface area contributed by atoms with Gasteiger partial charge in [-0.25, -0.2) is 4.39 Å². The van der Waals surface area contributed by atoms with Gasteiger partial charge in [-0.15, -0.1) is 10.2 Å². The Balaban J connectivity index is 1.50. The smallest absolute Gasteiger partial charge is 0.233 e. The van der Waals surface area contributed by atoms with Gasteiger partial charge in [-0.05, 0) is 38.8 Å². The van der Waals surface area contributed by atoms with Crippen LogP contribution in [0.3, 0.4) is 0 Å². The van der Waals surface area contributed by atoms with E-state index >= 15 is 0 Å². The summed E-state index contributed by atoms with van der Waals surface area (Å²) < 4.78 is 21.9. The molecular formula is C19H23FN4O2S. The summed E-state index contributed by atoms with van der Waals surface area (Å²) in [5, 5.41) is 9.17. The van der Waals surface area contributed by atoms with E-state index in [9.17, 15) is 9.18 Å². The second-order valence-electron chi connectivity index (χ2n) is 7.23. The fraction of sp³-hybridized carbons (Fsp3) is 0.526. The fourth-order valence-corrected chi connectivity index (χ4v) is 4.37. The van der Waals surface area contributed by atoms with Crippen LogP contribution in [-0.2, 0) is 9.53 Å². The van der Waals surface area contributed by atoms with Crippen LogP contribution in [-0.4, -0.2) is 56.6 Å². The van der Waals surface area contributed by atoms with Crippen LogP contribution < -0.4 is 0 Å². The summed E-state index contributed by atoms with van der Waals surface area (Å²) in [5.41, 5.74) is 0.450. The molecule has 0 N–H and O–H groups in total. The molecule has 8 heteroatoms. The highest BCUT2D eigenvalue weighted by Gasteiger charge is 2.32. The van der Waals surface area contributed by atoms with Crippen LogP contribution >= 0.6 is 11.8 Å². The first-order valence-electron chi connectivity index (χ1n) is 9.28. The largest absolute Gasteiger partial charge is 0.372 e. The molecule has 1 aromatic carbocycles. The van der Waals surface area contributed by atoms with Gasteiger partial charge in [0.15, 0.2) is 11.0 Å². The summed E-state index contributed by atoms with van der Waals surface area (Å²) in [6, 6.07) is 6.89. The summed E-state index contributed by atoms with van der Waals surface area (Å²) in [6.45, 7) is 5.18. The molecule has 2 atom stereocenters. The summed E-state index contributed by atoms with van der Waals surface area (Å²) in [7, 11) is 0. The average Bonchev–Trinajstić information content (AvgIpc) is 3.39. The van der Waals surface area contributed by atoms with Gasteiger partial charge in [-0.3, -0.25) is 9.36 Å². The van der Waals surface area contributed by atoms with E-state index in [-0.39, 0.29) is 30.0 Å². The van der Waals surface area contributed by atoms with Crippen LogP contribution in [0.1, 0.15) is 32.7 Å². The Bertz CT molecular complexity index is 829. The lowest BCUT2D eigenvalue weighted by molar-refractivity contribution is -0.140. The molecule has 2 aliphatic rings. The maximum Gasteiger partial charge on any atom is 0.233 e. The summed E-state index contributed by atoms with van der Waals surface area (Å²) in [6.07, 6.45) is 2.15. The van der Waals surface area contributed by atoms with E-state index in [4.69, 9.17) is 4.74 Å². The van der Waals surface area contributed by atoms with Crippen LogP contribution in [0, 0.1) is 5.82 Å². The lowest BCUT2D eigenvalue weighted by Gasteiger charge is -2.35. The van der Waals surface area contributed by atoms with Crippen LogP contribution in [0.15, 0.2) is 29.4 Å². The van der Waals surface area contributed by atoms with Gasteiger partial charge in [-0.2, -0.15) is 0 Å². The van der Waals surface area contributed by atoms with E-state index in [1.165, 1.54) is 17.8 Å². The van der Waals surface area contributed by atoms with Crippen molar-refractivity contribution in [3.05, 3.63) is 30.1 Å². The van der Waals surface area contributed by atoms with Gasteiger partial charge in [0.05, 0.1) is 23.5 Å². The molecule has 4 rings (SSSR count). The molecule has 27 heavy (non-hydrogen) atoms. The quantitative estimate of drug-likeness (QED) is 0.734. The fourth-order valence-electron chi connectivity index (χ4n) is 3.46. The zero-order valence-electron chi connectivity index (χ0n) is 15.5. The molecule has 2 fully saturated rings. The van der Waals surface area contributed by atoms with Crippen molar-refractivity contribution in [2.45, 2.75) is 50.1 Å². The molecule has 0 radical (unpaired) electrons. The molecule has 0 unspecified atom stereocenters. The Morgan fingerprint density at radius 3 is 2.59 bits per heavy atom. The first-order chi connectivity index (χ1) is 13.0. The highest BCUT2D eigenvalue weighted by molar-refractivity contribution is 7.99. The van der Waals surface area contributed by atoms with Crippen molar-refractivity contribution < 1.29 is 13.9 Å². The molecule has 1 saturated carbocycles. The Morgan fingerprint density at radius 2 is 1.93 bits per heavy atom. The predicted octanol–water partition coefficient (Wildman–Crippen LogP) is 3.15. The minimum atomic E-state index is -0.310. The minimum Gasteiger partial charge on any atom is -0.372 e. The van der Waals surface area contributed by atoms with Gasteiger partial charge < -0.3 is 9.64 Å². The summed E-state index contributed by atoms with van der Waals surface area (Å²) in [5.74, 6) is 0.594. The summed E-state index contributed by atoms with van der Waals surface area (Å²) in [4.78, 5) is 14.5. The highest BCUT2D eigenvalue weighted by atomic mass is 32.2. The third kappa shape index (κ3) is 4.01. The number of ether oxygens (including phenoxy) is 1. The molecule has 0 bridgehead atoms. The first kappa shape index (κ1) is 18.4. The molecule has 1 saturated heterocycles. The molecule has 144 valence electrons. The lowest BCUT2D eigenvalue weighted by atomic mass is 10.2. The molecule has 1 aliphatic heterocycles. The SMILES string of the molecule is C[C@H]1CN(C(=O)CSc2nnc(-c3ccccc3F)n2C2CC2)C[C@H](C)O1. The van der Waals surface area contributed by atoms with E-state index in [2.05, 4.69) is 10.2 Å². The number of halogens is 1. The van der Waals surface area contributed by atoms with E-state index in [1.54, 1.807) is 18.2 Å². The third-order valence-corrected chi connectivity index (χ3v) is 5.72. The van der Waals surface area contributed by atoms with Crippen LogP contribution in [0.25, 0.3) is 11.4 Å². The maximum atomic E-state index is 14.2. The Kier molecular flexibility index (Phi) is 5.19. The number of carbonyl (C=O) groups excluding carboxylic acids is 1.